The van der Waals surface area contributed by atoms with Gasteiger partial charge >= 0.3 is 0 Å². The van der Waals surface area contributed by atoms with Gasteiger partial charge in [0.25, 0.3) is 0 Å². The third-order valence-corrected chi connectivity index (χ3v) is 10.6. The molecular weight excluding hydrogens is 625 g/mol. The van der Waals surface area contributed by atoms with Crippen LogP contribution >= 0.6 is 0 Å². The van der Waals surface area contributed by atoms with Crippen LogP contribution in [0.25, 0.3) is 76.9 Å². The summed E-state index contributed by atoms with van der Waals surface area (Å²) in [5.74, 6) is 1.52. The summed E-state index contributed by atoms with van der Waals surface area (Å²) in [5, 5.41) is 6.78. The van der Waals surface area contributed by atoms with Crippen molar-refractivity contribution in [3.05, 3.63) is 156 Å². The molecule has 5 heteroatoms. The highest BCUT2D eigenvalue weighted by Gasteiger charge is 2.18. The number of imidazole rings is 2. The summed E-state index contributed by atoms with van der Waals surface area (Å²) >= 11 is 0. The van der Waals surface area contributed by atoms with Crippen molar-refractivity contribution >= 4 is 54.6 Å². The van der Waals surface area contributed by atoms with E-state index in [1.54, 1.807) is 0 Å². The lowest BCUT2D eigenvalue weighted by Gasteiger charge is -2.17. The van der Waals surface area contributed by atoms with E-state index in [1.165, 1.54) is 55.3 Å². The number of aromatic nitrogens is 4. The molecule has 0 aliphatic rings. The molecule has 0 unspecified atom stereocenters. The molecule has 0 fully saturated rings. The minimum atomic E-state index is 0.758. The summed E-state index contributed by atoms with van der Waals surface area (Å²) in [6.07, 6.45) is 7.86. The molecule has 0 atom stereocenters. The van der Waals surface area contributed by atoms with E-state index in [0.29, 0.717) is 0 Å². The van der Waals surface area contributed by atoms with E-state index >= 15 is 0 Å². The van der Waals surface area contributed by atoms with E-state index in [4.69, 9.17) is 14.7 Å². The minimum Gasteiger partial charge on any atom is -0.457 e. The molecule has 0 bridgehead atoms. The summed E-state index contributed by atoms with van der Waals surface area (Å²) < 4.78 is 11.0. The van der Waals surface area contributed by atoms with Gasteiger partial charge in [0, 0.05) is 46.3 Å². The van der Waals surface area contributed by atoms with Crippen LogP contribution in [0.4, 0.5) is 0 Å². The van der Waals surface area contributed by atoms with E-state index in [-0.39, 0.29) is 0 Å². The predicted molar refractivity (Wildman–Crippen MR) is 210 cm³/mol. The standard InChI is InChI=1S/C46H34N4O/c1-27-8-5-9-28(2)42(27)31-14-17-35-34-18-15-32(25-38(34)45-47-21-23-50(45)41(35)24-31)51-33-16-19-36-39(26-33)46-48-20-22-49(46)40-13-7-12-37(44(36)40)43-29(3)10-6-11-30(43)4/h5-26H,1-4H3. The largest absolute Gasteiger partial charge is 0.457 e. The Morgan fingerprint density at radius 2 is 1.02 bits per heavy atom. The zero-order valence-corrected chi connectivity index (χ0v) is 28.9. The Morgan fingerprint density at radius 1 is 0.471 bits per heavy atom. The summed E-state index contributed by atoms with van der Waals surface area (Å²) in [6.45, 7) is 8.75. The number of aryl methyl sites for hydroxylation is 4. The number of fused-ring (bicyclic) bond motifs is 12. The Bertz CT molecular complexity index is 3020. The first-order chi connectivity index (χ1) is 24.9. The fraction of sp³-hybridized carbons (Fsp3) is 0.0870. The zero-order valence-electron chi connectivity index (χ0n) is 28.9. The maximum atomic E-state index is 6.65. The molecular formula is C46H34N4O. The van der Waals surface area contributed by atoms with Gasteiger partial charge in [-0.15, -0.1) is 0 Å². The van der Waals surface area contributed by atoms with Gasteiger partial charge in [-0.05, 0) is 132 Å². The summed E-state index contributed by atoms with van der Waals surface area (Å²) in [5.41, 5.74) is 14.2. The van der Waals surface area contributed by atoms with E-state index in [9.17, 15) is 0 Å². The molecule has 6 aromatic carbocycles. The zero-order chi connectivity index (χ0) is 34.4. The second kappa shape index (κ2) is 11.0. The van der Waals surface area contributed by atoms with Crippen molar-refractivity contribution in [2.75, 3.05) is 0 Å². The summed E-state index contributed by atoms with van der Waals surface area (Å²) in [6, 6.07) is 39.1. The number of pyridine rings is 2. The van der Waals surface area contributed by atoms with Crippen LogP contribution in [-0.2, 0) is 0 Å². The quantitative estimate of drug-likeness (QED) is 0.177. The van der Waals surface area contributed by atoms with Crippen molar-refractivity contribution in [2.45, 2.75) is 27.7 Å². The highest BCUT2D eigenvalue weighted by Crippen LogP contribution is 2.41. The molecule has 0 N–H and O–H groups in total. The SMILES string of the molecule is Cc1cccc(C)c1-c1ccc2c3ccc(Oc4ccc5c(c4)c4nccn4c4cccc(-c6c(C)cccc6C)c54)cc3c3nccn3c2c1. The van der Waals surface area contributed by atoms with Crippen molar-refractivity contribution in [1.82, 2.24) is 18.8 Å². The van der Waals surface area contributed by atoms with E-state index < -0.39 is 0 Å². The molecule has 0 spiro atoms. The Morgan fingerprint density at radius 3 is 1.69 bits per heavy atom. The third-order valence-electron chi connectivity index (χ3n) is 10.6. The van der Waals surface area contributed by atoms with E-state index in [2.05, 4.69) is 152 Å². The van der Waals surface area contributed by atoms with Gasteiger partial charge in [0.15, 0.2) is 0 Å². The first-order valence-electron chi connectivity index (χ1n) is 17.4. The Hall–Kier alpha value is -6.46. The van der Waals surface area contributed by atoms with Gasteiger partial charge in [-0.25, -0.2) is 9.97 Å². The van der Waals surface area contributed by atoms with Gasteiger partial charge in [0.1, 0.15) is 22.8 Å². The van der Waals surface area contributed by atoms with Crippen LogP contribution < -0.4 is 4.74 Å². The molecule has 0 radical (unpaired) electrons. The molecule has 0 aliphatic carbocycles. The van der Waals surface area contributed by atoms with Crippen LogP contribution in [0, 0.1) is 27.7 Å². The lowest BCUT2D eigenvalue weighted by molar-refractivity contribution is 0.484. The monoisotopic (exact) mass is 658 g/mol. The molecule has 4 aromatic heterocycles. The number of ether oxygens (including phenoxy) is 1. The number of hydrogen-bond donors (Lipinski definition) is 0. The van der Waals surface area contributed by atoms with Gasteiger partial charge in [0.05, 0.1) is 11.0 Å². The first kappa shape index (κ1) is 29.5. The van der Waals surface area contributed by atoms with Crippen LogP contribution in [0.3, 0.4) is 0 Å². The Balaban J connectivity index is 1.11. The van der Waals surface area contributed by atoms with Crippen molar-refractivity contribution in [3.63, 3.8) is 0 Å². The molecule has 51 heavy (non-hydrogen) atoms. The van der Waals surface area contributed by atoms with Crippen LogP contribution in [-0.4, -0.2) is 18.8 Å². The normalized spacial score (nSPS) is 11.9. The predicted octanol–water partition coefficient (Wildman–Crippen LogP) is 12.0. The van der Waals surface area contributed by atoms with Crippen molar-refractivity contribution in [1.29, 1.82) is 0 Å². The molecule has 0 saturated carbocycles. The maximum Gasteiger partial charge on any atom is 0.145 e. The van der Waals surface area contributed by atoms with Gasteiger partial charge in [-0.2, -0.15) is 0 Å². The van der Waals surface area contributed by atoms with Gasteiger partial charge in [-0.1, -0.05) is 60.7 Å². The average Bonchev–Trinajstić information content (AvgIpc) is 3.83. The van der Waals surface area contributed by atoms with E-state index in [1.807, 2.05) is 18.6 Å². The molecule has 0 aliphatic heterocycles. The second-order valence-electron chi connectivity index (χ2n) is 13.7. The lowest BCUT2D eigenvalue weighted by atomic mass is 9.91. The number of nitrogens with zero attached hydrogens (tertiary/aromatic N) is 4. The average molecular weight is 659 g/mol. The van der Waals surface area contributed by atoms with Crippen LogP contribution in [0.2, 0.25) is 0 Å². The van der Waals surface area contributed by atoms with Gasteiger partial charge in [0.2, 0.25) is 0 Å². The molecule has 10 aromatic rings. The lowest BCUT2D eigenvalue weighted by Crippen LogP contribution is -1.96. The highest BCUT2D eigenvalue weighted by molar-refractivity contribution is 6.18. The number of hydrogen-bond acceptors (Lipinski definition) is 3. The van der Waals surface area contributed by atoms with Gasteiger partial charge < -0.3 is 4.74 Å². The minimum absolute atomic E-state index is 0.758. The first-order valence-corrected chi connectivity index (χ1v) is 17.4. The highest BCUT2D eigenvalue weighted by atomic mass is 16.5. The van der Waals surface area contributed by atoms with Crippen molar-refractivity contribution < 1.29 is 4.74 Å². The molecule has 5 nitrogen and oxygen atoms in total. The second-order valence-corrected chi connectivity index (χ2v) is 13.7. The summed E-state index contributed by atoms with van der Waals surface area (Å²) in [7, 11) is 0. The van der Waals surface area contributed by atoms with E-state index in [0.717, 1.165) is 55.4 Å². The van der Waals surface area contributed by atoms with Crippen LogP contribution in [0.5, 0.6) is 11.5 Å². The fourth-order valence-electron chi connectivity index (χ4n) is 8.38. The molecule has 244 valence electrons. The van der Waals surface area contributed by atoms with Crippen molar-refractivity contribution in [3.8, 4) is 33.8 Å². The third kappa shape index (κ3) is 4.41. The molecule has 10 rings (SSSR count). The number of benzene rings is 6. The van der Waals surface area contributed by atoms with Crippen LogP contribution in [0.1, 0.15) is 22.3 Å². The molecule has 0 saturated heterocycles. The van der Waals surface area contributed by atoms with Crippen LogP contribution in [0.15, 0.2) is 134 Å². The maximum absolute atomic E-state index is 6.65. The topological polar surface area (TPSA) is 43.8 Å². The molecule has 0 amide bonds. The van der Waals surface area contributed by atoms with Crippen molar-refractivity contribution in [2.24, 2.45) is 0 Å². The molecule has 4 heterocycles. The Kier molecular flexibility index (Phi) is 6.37. The smallest absolute Gasteiger partial charge is 0.145 e. The fourth-order valence-corrected chi connectivity index (χ4v) is 8.38. The van der Waals surface area contributed by atoms with Gasteiger partial charge in [-0.3, -0.25) is 8.80 Å². The Labute approximate surface area is 295 Å². The summed E-state index contributed by atoms with van der Waals surface area (Å²) in [4.78, 5) is 9.63. The number of rotatable bonds is 4.